The molecule has 1 aromatic heterocycles. The highest BCUT2D eigenvalue weighted by molar-refractivity contribution is 5.98. The predicted molar refractivity (Wildman–Crippen MR) is 62.1 cm³/mol. The Morgan fingerprint density at radius 2 is 2.39 bits per heavy atom. The summed E-state index contributed by atoms with van der Waals surface area (Å²) in [5.74, 6) is -1.98. The second-order valence-electron chi connectivity index (χ2n) is 4.02. The number of anilines is 1. The molecule has 0 spiro atoms. The van der Waals surface area contributed by atoms with Crippen molar-refractivity contribution in [3.8, 4) is 0 Å². The van der Waals surface area contributed by atoms with E-state index in [9.17, 15) is 14.0 Å². The molecule has 6 nitrogen and oxygen atoms in total. The van der Waals surface area contributed by atoms with Gasteiger partial charge in [-0.1, -0.05) is 0 Å². The third-order valence-electron chi connectivity index (χ3n) is 2.91. The van der Waals surface area contributed by atoms with Gasteiger partial charge in [-0.25, -0.2) is 9.37 Å². The zero-order chi connectivity index (χ0) is 13.3. The minimum atomic E-state index is -0.847. The molecule has 1 fully saturated rings. The smallest absolute Gasteiger partial charge is 0.257 e. The molecule has 7 heteroatoms. The number of carbonyl (C=O) groups is 2. The number of hydrogen-bond donors (Lipinski definition) is 2. The van der Waals surface area contributed by atoms with Crippen molar-refractivity contribution >= 4 is 17.6 Å². The van der Waals surface area contributed by atoms with Gasteiger partial charge in [0, 0.05) is 19.3 Å². The van der Waals surface area contributed by atoms with Crippen molar-refractivity contribution in [1.29, 1.82) is 0 Å². The summed E-state index contributed by atoms with van der Waals surface area (Å²) in [4.78, 5) is 28.5. The van der Waals surface area contributed by atoms with Crippen LogP contribution in [-0.2, 0) is 4.79 Å². The van der Waals surface area contributed by atoms with Crippen molar-refractivity contribution in [2.24, 2.45) is 0 Å². The molecule has 1 aliphatic heterocycles. The van der Waals surface area contributed by atoms with Gasteiger partial charge in [-0.15, -0.1) is 0 Å². The average molecular weight is 252 g/mol. The van der Waals surface area contributed by atoms with Gasteiger partial charge in [0.1, 0.15) is 6.04 Å². The van der Waals surface area contributed by atoms with Crippen LogP contribution in [0.1, 0.15) is 17.3 Å². The maximum Gasteiger partial charge on any atom is 0.257 e. The number of pyridine rings is 1. The first kappa shape index (κ1) is 12.3. The van der Waals surface area contributed by atoms with E-state index in [2.05, 4.69) is 10.3 Å². The molecule has 0 bridgehead atoms. The minimum Gasteiger partial charge on any atom is -0.381 e. The van der Waals surface area contributed by atoms with Gasteiger partial charge in [-0.3, -0.25) is 9.59 Å². The lowest BCUT2D eigenvalue weighted by atomic mass is 10.1. The van der Waals surface area contributed by atoms with Crippen LogP contribution in [-0.4, -0.2) is 40.8 Å². The van der Waals surface area contributed by atoms with Gasteiger partial charge >= 0.3 is 0 Å². The minimum absolute atomic E-state index is 0.163. The molecule has 2 rings (SSSR count). The fourth-order valence-electron chi connectivity index (χ4n) is 1.84. The van der Waals surface area contributed by atoms with Crippen LogP contribution in [0, 0.1) is 5.82 Å². The van der Waals surface area contributed by atoms with Crippen molar-refractivity contribution in [1.82, 2.24) is 15.2 Å². The van der Waals surface area contributed by atoms with Gasteiger partial charge in [-0.2, -0.15) is 0 Å². The molecule has 1 aliphatic rings. The second kappa shape index (κ2) is 4.59. The maximum atomic E-state index is 13.7. The van der Waals surface area contributed by atoms with Gasteiger partial charge < -0.3 is 16.0 Å². The van der Waals surface area contributed by atoms with E-state index in [1.165, 1.54) is 17.2 Å². The summed E-state index contributed by atoms with van der Waals surface area (Å²) in [6.07, 6.45) is 1.26. The summed E-state index contributed by atoms with van der Waals surface area (Å²) in [5, 5.41) is 2.63. The molecule has 1 unspecified atom stereocenters. The number of amides is 2. The number of aromatic nitrogens is 1. The molecular weight excluding hydrogens is 239 g/mol. The Bertz CT molecular complexity index is 506. The van der Waals surface area contributed by atoms with Gasteiger partial charge in [0.2, 0.25) is 5.91 Å². The standard InChI is InChI=1S/C11H13FN4O2/c1-6-10(17)15-4-5-16(6)11(18)7-2-3-14-9(13)8(7)12/h2-3,6H,4-5H2,1H3,(H2,13,14)(H,15,17). The zero-order valence-electron chi connectivity index (χ0n) is 9.81. The molecule has 0 saturated carbocycles. The number of piperazine rings is 1. The molecule has 1 atom stereocenters. The van der Waals surface area contributed by atoms with Crippen molar-refractivity contribution in [3.05, 3.63) is 23.6 Å². The Morgan fingerprint density at radius 3 is 3.11 bits per heavy atom. The fourth-order valence-corrected chi connectivity index (χ4v) is 1.84. The van der Waals surface area contributed by atoms with Gasteiger partial charge in [0.05, 0.1) is 5.56 Å². The SMILES string of the molecule is CC1C(=O)NCCN1C(=O)c1ccnc(N)c1F. The molecule has 1 saturated heterocycles. The van der Waals surface area contributed by atoms with E-state index in [4.69, 9.17) is 5.73 Å². The molecule has 0 aliphatic carbocycles. The molecule has 18 heavy (non-hydrogen) atoms. The Balaban J connectivity index is 2.31. The molecule has 3 N–H and O–H groups in total. The van der Waals surface area contributed by atoms with E-state index in [1.807, 2.05) is 0 Å². The number of nitrogens with two attached hydrogens (primary N) is 1. The van der Waals surface area contributed by atoms with Crippen LogP contribution in [0.3, 0.4) is 0 Å². The van der Waals surface area contributed by atoms with Gasteiger partial charge in [0.25, 0.3) is 5.91 Å². The topological polar surface area (TPSA) is 88.3 Å². The lowest BCUT2D eigenvalue weighted by Crippen LogP contribution is -2.56. The third kappa shape index (κ3) is 1.99. The Morgan fingerprint density at radius 1 is 1.67 bits per heavy atom. The molecular formula is C11H13FN4O2. The molecule has 2 heterocycles. The summed E-state index contributed by atoms with van der Waals surface area (Å²) >= 11 is 0. The number of hydrogen-bond acceptors (Lipinski definition) is 4. The van der Waals surface area contributed by atoms with Crippen molar-refractivity contribution in [2.45, 2.75) is 13.0 Å². The summed E-state index contributed by atoms with van der Waals surface area (Å²) in [6.45, 7) is 2.29. The number of nitrogen functional groups attached to an aromatic ring is 1. The number of nitrogens with zero attached hydrogens (tertiary/aromatic N) is 2. The van der Waals surface area contributed by atoms with E-state index in [0.717, 1.165) is 0 Å². The monoisotopic (exact) mass is 252 g/mol. The first-order chi connectivity index (χ1) is 8.52. The van der Waals surface area contributed by atoms with Gasteiger partial charge in [0.15, 0.2) is 11.6 Å². The predicted octanol–water partition coefficient (Wildman–Crippen LogP) is -0.237. The Kier molecular flexibility index (Phi) is 3.14. The normalized spacial score (nSPS) is 19.6. The van der Waals surface area contributed by atoms with E-state index in [1.54, 1.807) is 6.92 Å². The highest BCUT2D eigenvalue weighted by Crippen LogP contribution is 2.16. The van der Waals surface area contributed by atoms with E-state index in [-0.39, 0.29) is 17.3 Å². The highest BCUT2D eigenvalue weighted by Gasteiger charge is 2.31. The summed E-state index contributed by atoms with van der Waals surface area (Å²) < 4.78 is 13.7. The molecule has 2 amide bonds. The molecule has 1 aromatic rings. The first-order valence-corrected chi connectivity index (χ1v) is 5.51. The zero-order valence-corrected chi connectivity index (χ0v) is 9.81. The Hall–Kier alpha value is -2.18. The van der Waals surface area contributed by atoms with Gasteiger partial charge in [-0.05, 0) is 13.0 Å². The highest BCUT2D eigenvalue weighted by atomic mass is 19.1. The largest absolute Gasteiger partial charge is 0.381 e. The van der Waals surface area contributed by atoms with Crippen LogP contribution in [0.5, 0.6) is 0 Å². The van der Waals surface area contributed by atoms with Crippen molar-refractivity contribution < 1.29 is 14.0 Å². The van der Waals surface area contributed by atoms with Crippen LogP contribution in [0.2, 0.25) is 0 Å². The third-order valence-corrected chi connectivity index (χ3v) is 2.91. The van der Waals surface area contributed by atoms with Crippen LogP contribution >= 0.6 is 0 Å². The molecule has 96 valence electrons. The van der Waals surface area contributed by atoms with Crippen LogP contribution in [0.4, 0.5) is 10.2 Å². The van der Waals surface area contributed by atoms with Crippen LogP contribution < -0.4 is 11.1 Å². The number of rotatable bonds is 1. The second-order valence-corrected chi connectivity index (χ2v) is 4.02. The average Bonchev–Trinajstić information content (AvgIpc) is 2.35. The van der Waals surface area contributed by atoms with Crippen LogP contribution in [0.15, 0.2) is 12.3 Å². The van der Waals surface area contributed by atoms with E-state index < -0.39 is 17.8 Å². The van der Waals surface area contributed by atoms with E-state index in [0.29, 0.717) is 13.1 Å². The lowest BCUT2D eigenvalue weighted by Gasteiger charge is -2.32. The molecule has 0 radical (unpaired) electrons. The quantitative estimate of drug-likeness (QED) is 0.722. The number of nitrogens with one attached hydrogen (secondary N) is 1. The van der Waals surface area contributed by atoms with Crippen LogP contribution in [0.25, 0.3) is 0 Å². The maximum absolute atomic E-state index is 13.7. The fraction of sp³-hybridized carbons (Fsp3) is 0.364. The van der Waals surface area contributed by atoms with Crippen molar-refractivity contribution in [2.75, 3.05) is 18.8 Å². The lowest BCUT2D eigenvalue weighted by molar-refractivity contribution is -0.127. The summed E-state index contributed by atoms with van der Waals surface area (Å²) in [7, 11) is 0. The summed E-state index contributed by atoms with van der Waals surface area (Å²) in [6, 6.07) is 0.632. The number of halogens is 1. The Labute approximate surface area is 103 Å². The van der Waals surface area contributed by atoms with Crippen molar-refractivity contribution in [3.63, 3.8) is 0 Å². The number of carbonyl (C=O) groups excluding carboxylic acids is 2. The van der Waals surface area contributed by atoms with E-state index >= 15 is 0 Å². The molecule has 0 aromatic carbocycles. The summed E-state index contributed by atoms with van der Waals surface area (Å²) in [5.41, 5.74) is 5.15. The first-order valence-electron chi connectivity index (χ1n) is 5.51.